The summed E-state index contributed by atoms with van der Waals surface area (Å²) in [4.78, 5) is 15.4. The van der Waals surface area contributed by atoms with Crippen LogP contribution in [0.5, 0.6) is 0 Å². The molecule has 0 spiro atoms. The molecule has 0 bridgehead atoms. The average Bonchev–Trinajstić information content (AvgIpc) is 2.69. The number of halogens is 1. The summed E-state index contributed by atoms with van der Waals surface area (Å²) in [6, 6.07) is 4.36. The van der Waals surface area contributed by atoms with Crippen molar-refractivity contribution in [3.8, 4) is 0 Å². The SMILES string of the molecule is Cc1cc(NC(=O)Cn2cnc(N)n2)ccc1F. The van der Waals surface area contributed by atoms with Gasteiger partial charge in [-0.15, -0.1) is 5.10 Å². The molecule has 7 heteroatoms. The Hall–Kier alpha value is -2.44. The van der Waals surface area contributed by atoms with Crippen LogP contribution in [0.25, 0.3) is 0 Å². The Morgan fingerprint density at radius 3 is 2.94 bits per heavy atom. The number of hydrogen-bond acceptors (Lipinski definition) is 4. The van der Waals surface area contributed by atoms with E-state index in [1.54, 1.807) is 13.0 Å². The lowest BCUT2D eigenvalue weighted by Gasteiger charge is -2.06. The Labute approximate surface area is 103 Å². The van der Waals surface area contributed by atoms with Gasteiger partial charge < -0.3 is 11.1 Å². The minimum atomic E-state index is -0.308. The van der Waals surface area contributed by atoms with E-state index >= 15 is 0 Å². The van der Waals surface area contributed by atoms with E-state index in [9.17, 15) is 9.18 Å². The van der Waals surface area contributed by atoms with Gasteiger partial charge in [0.25, 0.3) is 0 Å². The first-order valence-corrected chi connectivity index (χ1v) is 5.25. The quantitative estimate of drug-likeness (QED) is 0.847. The van der Waals surface area contributed by atoms with Crippen LogP contribution in [0.4, 0.5) is 16.0 Å². The van der Waals surface area contributed by atoms with E-state index in [2.05, 4.69) is 15.4 Å². The molecule has 1 amide bonds. The fourth-order valence-electron chi connectivity index (χ4n) is 1.46. The van der Waals surface area contributed by atoms with Crippen LogP contribution in [-0.2, 0) is 11.3 Å². The maximum Gasteiger partial charge on any atom is 0.246 e. The van der Waals surface area contributed by atoms with Crippen molar-refractivity contribution in [1.82, 2.24) is 14.8 Å². The maximum atomic E-state index is 13.0. The van der Waals surface area contributed by atoms with Crippen molar-refractivity contribution in [3.05, 3.63) is 35.9 Å². The van der Waals surface area contributed by atoms with Crippen molar-refractivity contribution in [2.24, 2.45) is 0 Å². The van der Waals surface area contributed by atoms with Crippen molar-refractivity contribution in [3.63, 3.8) is 0 Å². The minimum absolute atomic E-state index is 0.000619. The first-order valence-electron chi connectivity index (χ1n) is 5.25. The Balaban J connectivity index is 2.00. The molecule has 18 heavy (non-hydrogen) atoms. The molecule has 1 heterocycles. The van der Waals surface area contributed by atoms with Crippen LogP contribution in [0.1, 0.15) is 5.56 Å². The topological polar surface area (TPSA) is 85.8 Å². The molecule has 94 valence electrons. The minimum Gasteiger partial charge on any atom is -0.367 e. The number of carbonyl (C=O) groups is 1. The molecule has 1 aromatic heterocycles. The molecule has 0 saturated carbocycles. The zero-order valence-corrected chi connectivity index (χ0v) is 9.72. The molecule has 0 aliphatic rings. The highest BCUT2D eigenvalue weighted by atomic mass is 19.1. The molecule has 1 aromatic carbocycles. The number of nitrogens with one attached hydrogen (secondary N) is 1. The Kier molecular flexibility index (Phi) is 3.22. The van der Waals surface area contributed by atoms with E-state index in [0.29, 0.717) is 11.3 Å². The van der Waals surface area contributed by atoms with E-state index in [-0.39, 0.29) is 24.2 Å². The summed E-state index contributed by atoms with van der Waals surface area (Å²) >= 11 is 0. The average molecular weight is 249 g/mol. The van der Waals surface area contributed by atoms with Crippen molar-refractivity contribution in [1.29, 1.82) is 0 Å². The van der Waals surface area contributed by atoms with Gasteiger partial charge >= 0.3 is 0 Å². The number of aryl methyl sites for hydroxylation is 1. The van der Waals surface area contributed by atoms with Crippen LogP contribution in [0, 0.1) is 12.7 Å². The third kappa shape index (κ3) is 2.82. The molecule has 0 fully saturated rings. The Morgan fingerprint density at radius 1 is 1.56 bits per heavy atom. The second kappa shape index (κ2) is 4.82. The smallest absolute Gasteiger partial charge is 0.246 e. The number of amides is 1. The molecule has 2 aromatic rings. The van der Waals surface area contributed by atoms with Gasteiger partial charge in [-0.05, 0) is 30.7 Å². The zero-order valence-electron chi connectivity index (χ0n) is 9.72. The highest BCUT2D eigenvalue weighted by Gasteiger charge is 2.06. The van der Waals surface area contributed by atoms with Gasteiger partial charge in [0.1, 0.15) is 18.7 Å². The van der Waals surface area contributed by atoms with Gasteiger partial charge in [-0.25, -0.2) is 14.1 Å². The molecule has 0 aliphatic heterocycles. The normalized spacial score (nSPS) is 10.3. The molecule has 0 unspecified atom stereocenters. The molecular weight excluding hydrogens is 237 g/mol. The van der Waals surface area contributed by atoms with Crippen LogP contribution >= 0.6 is 0 Å². The van der Waals surface area contributed by atoms with Gasteiger partial charge in [-0.2, -0.15) is 0 Å². The first kappa shape index (κ1) is 12.0. The largest absolute Gasteiger partial charge is 0.367 e. The lowest BCUT2D eigenvalue weighted by molar-refractivity contribution is -0.116. The van der Waals surface area contributed by atoms with Crippen LogP contribution in [0.15, 0.2) is 24.5 Å². The standard InChI is InChI=1S/C11H12FN5O/c1-7-4-8(2-3-9(7)12)15-10(18)5-17-6-14-11(13)16-17/h2-4,6H,5H2,1H3,(H2,13,16)(H,15,18). The molecule has 0 saturated heterocycles. The summed E-state index contributed by atoms with van der Waals surface area (Å²) in [5, 5.41) is 6.42. The molecule has 6 nitrogen and oxygen atoms in total. The number of aromatic nitrogens is 3. The Morgan fingerprint density at radius 2 is 2.33 bits per heavy atom. The monoisotopic (exact) mass is 249 g/mol. The number of nitrogens with two attached hydrogens (primary N) is 1. The van der Waals surface area contributed by atoms with Gasteiger partial charge in [-0.3, -0.25) is 4.79 Å². The van der Waals surface area contributed by atoms with Crippen molar-refractivity contribution >= 4 is 17.5 Å². The second-order valence-electron chi connectivity index (χ2n) is 3.81. The summed E-state index contributed by atoms with van der Waals surface area (Å²) in [7, 11) is 0. The highest BCUT2D eigenvalue weighted by molar-refractivity contribution is 5.90. The predicted molar refractivity (Wildman–Crippen MR) is 64.2 cm³/mol. The molecule has 0 aliphatic carbocycles. The maximum absolute atomic E-state index is 13.0. The van der Waals surface area contributed by atoms with E-state index in [1.165, 1.54) is 23.1 Å². The number of carbonyl (C=O) groups excluding carboxylic acids is 1. The number of hydrogen-bond donors (Lipinski definition) is 2. The van der Waals surface area contributed by atoms with E-state index < -0.39 is 0 Å². The first-order chi connectivity index (χ1) is 8.54. The highest BCUT2D eigenvalue weighted by Crippen LogP contribution is 2.13. The number of anilines is 2. The number of nitrogens with zero attached hydrogens (tertiary/aromatic N) is 3. The lowest BCUT2D eigenvalue weighted by Crippen LogP contribution is -2.19. The van der Waals surface area contributed by atoms with E-state index in [4.69, 9.17) is 5.73 Å². The van der Waals surface area contributed by atoms with Crippen LogP contribution in [-0.4, -0.2) is 20.7 Å². The van der Waals surface area contributed by atoms with Gasteiger partial charge in [-0.1, -0.05) is 0 Å². The third-order valence-electron chi connectivity index (χ3n) is 2.30. The fraction of sp³-hybridized carbons (Fsp3) is 0.182. The fourth-order valence-corrected chi connectivity index (χ4v) is 1.46. The van der Waals surface area contributed by atoms with Gasteiger partial charge in [0.05, 0.1) is 0 Å². The van der Waals surface area contributed by atoms with Crippen molar-refractivity contribution in [2.75, 3.05) is 11.1 Å². The van der Waals surface area contributed by atoms with Crippen molar-refractivity contribution < 1.29 is 9.18 Å². The third-order valence-corrected chi connectivity index (χ3v) is 2.30. The number of benzene rings is 1. The number of nitrogen functional groups attached to an aromatic ring is 1. The summed E-state index contributed by atoms with van der Waals surface area (Å²) in [5.41, 5.74) is 6.33. The molecule has 0 atom stereocenters. The van der Waals surface area contributed by atoms with Crippen LogP contribution in [0.3, 0.4) is 0 Å². The van der Waals surface area contributed by atoms with E-state index in [0.717, 1.165) is 0 Å². The molecule has 2 rings (SSSR count). The van der Waals surface area contributed by atoms with Crippen LogP contribution < -0.4 is 11.1 Å². The molecular formula is C11H12FN5O. The lowest BCUT2D eigenvalue weighted by atomic mass is 10.2. The summed E-state index contributed by atoms with van der Waals surface area (Å²) in [6.45, 7) is 1.63. The van der Waals surface area contributed by atoms with Gasteiger partial charge in [0.15, 0.2) is 0 Å². The molecule has 3 N–H and O–H groups in total. The zero-order chi connectivity index (χ0) is 13.1. The summed E-state index contributed by atoms with van der Waals surface area (Å²) < 4.78 is 14.4. The summed E-state index contributed by atoms with van der Waals surface area (Å²) in [5.74, 6) is -0.483. The Bertz CT molecular complexity index is 581. The van der Waals surface area contributed by atoms with Crippen molar-refractivity contribution in [2.45, 2.75) is 13.5 Å². The predicted octanol–water partition coefficient (Wildman–Crippen LogP) is 0.947. The van der Waals surface area contributed by atoms with Gasteiger partial charge in [0.2, 0.25) is 11.9 Å². The summed E-state index contributed by atoms with van der Waals surface area (Å²) in [6.07, 6.45) is 1.37. The van der Waals surface area contributed by atoms with Crippen LogP contribution in [0.2, 0.25) is 0 Å². The van der Waals surface area contributed by atoms with Gasteiger partial charge in [0, 0.05) is 5.69 Å². The molecule has 0 radical (unpaired) electrons. The second-order valence-corrected chi connectivity index (χ2v) is 3.81. The number of rotatable bonds is 3. The van der Waals surface area contributed by atoms with E-state index in [1.807, 2.05) is 0 Å².